The lowest BCUT2D eigenvalue weighted by Gasteiger charge is -2.09. The van der Waals surface area contributed by atoms with Crippen LogP contribution in [-0.4, -0.2) is 40.8 Å². The van der Waals surface area contributed by atoms with Crippen molar-refractivity contribution in [1.82, 2.24) is 5.43 Å². The van der Waals surface area contributed by atoms with E-state index in [1.54, 1.807) is 0 Å². The molecule has 1 aliphatic heterocycles. The van der Waals surface area contributed by atoms with E-state index in [0.717, 1.165) is 22.5 Å². The smallest absolute Gasteiger partial charge is 0.144 e. The SMILES string of the molecule is OCC(CBr)=NNC1=Nc2ccccc2C(c2ccccc2Cl)=NC1. The molecule has 0 fully saturated rings. The van der Waals surface area contributed by atoms with E-state index in [0.29, 0.717) is 28.4 Å². The summed E-state index contributed by atoms with van der Waals surface area (Å²) in [6, 6.07) is 15.4. The van der Waals surface area contributed by atoms with Crippen molar-refractivity contribution in [3.05, 3.63) is 64.7 Å². The van der Waals surface area contributed by atoms with Crippen molar-refractivity contribution in [2.75, 3.05) is 18.5 Å². The zero-order valence-electron chi connectivity index (χ0n) is 13.3. The first-order chi connectivity index (χ1) is 12.2. The Labute approximate surface area is 159 Å². The molecule has 0 radical (unpaired) electrons. The maximum absolute atomic E-state index is 9.21. The third-order valence-electron chi connectivity index (χ3n) is 3.61. The highest BCUT2D eigenvalue weighted by molar-refractivity contribution is 9.09. The molecule has 2 N–H and O–H groups in total. The maximum Gasteiger partial charge on any atom is 0.144 e. The topological polar surface area (TPSA) is 69.3 Å². The predicted octanol–water partition coefficient (Wildman–Crippen LogP) is 3.55. The minimum absolute atomic E-state index is 0.129. The summed E-state index contributed by atoms with van der Waals surface area (Å²) in [5.41, 5.74) is 6.85. The van der Waals surface area contributed by atoms with Gasteiger partial charge in [-0.1, -0.05) is 63.9 Å². The lowest BCUT2D eigenvalue weighted by Crippen LogP contribution is -2.23. The van der Waals surface area contributed by atoms with Gasteiger partial charge in [-0.05, 0) is 12.1 Å². The molecule has 0 amide bonds. The fourth-order valence-corrected chi connectivity index (χ4v) is 2.91. The molecule has 0 saturated heterocycles. The first-order valence-corrected chi connectivity index (χ1v) is 9.17. The standard InChI is InChI=1S/C18H16BrClN4O/c19-9-12(11-25)23-24-17-10-21-18(13-5-1-3-7-15(13)20)14-6-2-4-8-16(14)22-17/h1-8,25H,9-11H2,(H,22,24). The number of fused-ring (bicyclic) bond motifs is 1. The number of alkyl halides is 1. The number of nitrogens with zero attached hydrogens (tertiary/aromatic N) is 3. The monoisotopic (exact) mass is 418 g/mol. The van der Waals surface area contributed by atoms with E-state index < -0.39 is 0 Å². The van der Waals surface area contributed by atoms with Gasteiger partial charge in [0.25, 0.3) is 0 Å². The van der Waals surface area contributed by atoms with Gasteiger partial charge in [0.1, 0.15) is 5.84 Å². The van der Waals surface area contributed by atoms with Gasteiger partial charge in [-0.3, -0.25) is 10.4 Å². The Hall–Kier alpha value is -2.02. The highest BCUT2D eigenvalue weighted by Crippen LogP contribution is 2.27. The number of rotatable bonds is 4. The highest BCUT2D eigenvalue weighted by atomic mass is 79.9. The summed E-state index contributed by atoms with van der Waals surface area (Å²) in [6.07, 6.45) is 0. The number of amidine groups is 1. The molecule has 25 heavy (non-hydrogen) atoms. The molecule has 128 valence electrons. The molecule has 0 atom stereocenters. The number of aliphatic hydroxyl groups is 1. The molecule has 1 aliphatic rings. The van der Waals surface area contributed by atoms with Crippen LogP contribution in [0.3, 0.4) is 0 Å². The fourth-order valence-electron chi connectivity index (χ4n) is 2.39. The van der Waals surface area contributed by atoms with Crippen molar-refractivity contribution in [3.8, 4) is 0 Å². The summed E-state index contributed by atoms with van der Waals surface area (Å²) in [7, 11) is 0. The Balaban J connectivity index is 2.01. The molecule has 0 saturated carbocycles. The quantitative estimate of drug-likeness (QED) is 0.452. The van der Waals surface area contributed by atoms with Crippen LogP contribution in [0.4, 0.5) is 5.69 Å². The van der Waals surface area contributed by atoms with Crippen molar-refractivity contribution < 1.29 is 5.11 Å². The molecule has 0 spiro atoms. The Kier molecular flexibility index (Phi) is 5.96. The van der Waals surface area contributed by atoms with Crippen LogP contribution in [0.15, 0.2) is 63.6 Å². The van der Waals surface area contributed by atoms with E-state index in [2.05, 4.69) is 31.4 Å². The fraction of sp³-hybridized carbons (Fsp3) is 0.167. The Morgan fingerprint density at radius 1 is 1.16 bits per heavy atom. The van der Waals surface area contributed by atoms with Gasteiger partial charge in [0.05, 0.1) is 30.3 Å². The van der Waals surface area contributed by atoms with Crippen LogP contribution in [0, 0.1) is 0 Å². The molecular formula is C18H16BrClN4O. The van der Waals surface area contributed by atoms with E-state index in [-0.39, 0.29) is 6.61 Å². The summed E-state index contributed by atoms with van der Waals surface area (Å²) >= 11 is 9.64. The van der Waals surface area contributed by atoms with Crippen molar-refractivity contribution in [1.29, 1.82) is 0 Å². The third-order valence-corrected chi connectivity index (χ3v) is 4.59. The van der Waals surface area contributed by atoms with E-state index >= 15 is 0 Å². The second-order valence-electron chi connectivity index (χ2n) is 5.30. The number of hydrazone groups is 1. The van der Waals surface area contributed by atoms with Gasteiger partial charge in [0, 0.05) is 21.5 Å². The first kappa shape index (κ1) is 17.8. The minimum Gasteiger partial charge on any atom is -0.390 e. The van der Waals surface area contributed by atoms with E-state index in [1.807, 2.05) is 48.5 Å². The molecule has 2 aromatic carbocycles. The molecule has 1 heterocycles. The van der Waals surface area contributed by atoms with Gasteiger partial charge in [-0.2, -0.15) is 5.10 Å². The predicted molar refractivity (Wildman–Crippen MR) is 107 cm³/mol. The van der Waals surface area contributed by atoms with Gasteiger partial charge in [-0.15, -0.1) is 0 Å². The number of nitrogens with one attached hydrogen (secondary N) is 1. The average Bonchev–Trinajstić information content (AvgIpc) is 2.82. The summed E-state index contributed by atoms with van der Waals surface area (Å²) in [4.78, 5) is 9.33. The number of aliphatic imine (C=N–C) groups is 2. The number of hydrogen-bond donors (Lipinski definition) is 2. The van der Waals surface area contributed by atoms with Crippen molar-refractivity contribution in [3.63, 3.8) is 0 Å². The van der Waals surface area contributed by atoms with Gasteiger partial charge >= 0.3 is 0 Å². The molecule has 0 aromatic heterocycles. The van der Waals surface area contributed by atoms with Crippen molar-refractivity contribution >= 4 is 50.5 Å². The van der Waals surface area contributed by atoms with Crippen LogP contribution >= 0.6 is 27.5 Å². The maximum atomic E-state index is 9.21. The summed E-state index contributed by atoms with van der Waals surface area (Å²) in [6.45, 7) is 0.204. The van der Waals surface area contributed by atoms with Crippen LogP contribution in [0.2, 0.25) is 5.02 Å². The van der Waals surface area contributed by atoms with Crippen LogP contribution in [0.5, 0.6) is 0 Å². The number of aliphatic hydroxyl groups excluding tert-OH is 1. The van der Waals surface area contributed by atoms with Crippen LogP contribution < -0.4 is 5.43 Å². The van der Waals surface area contributed by atoms with Gasteiger partial charge < -0.3 is 5.11 Å². The molecule has 7 heteroatoms. The molecule has 0 unspecified atom stereocenters. The van der Waals surface area contributed by atoms with Gasteiger partial charge in [0.2, 0.25) is 0 Å². The van der Waals surface area contributed by atoms with Gasteiger partial charge in [0.15, 0.2) is 0 Å². The second kappa shape index (κ2) is 8.38. The lowest BCUT2D eigenvalue weighted by molar-refractivity contribution is 0.356. The second-order valence-corrected chi connectivity index (χ2v) is 6.27. The zero-order valence-corrected chi connectivity index (χ0v) is 15.6. The first-order valence-electron chi connectivity index (χ1n) is 7.67. The summed E-state index contributed by atoms with van der Waals surface area (Å²) in [5.74, 6) is 0.599. The Morgan fingerprint density at radius 3 is 2.60 bits per heavy atom. The minimum atomic E-state index is -0.129. The van der Waals surface area contributed by atoms with Crippen LogP contribution in [-0.2, 0) is 0 Å². The molecular weight excluding hydrogens is 404 g/mol. The third kappa shape index (κ3) is 4.15. The number of benzene rings is 2. The zero-order chi connectivity index (χ0) is 17.6. The van der Waals surface area contributed by atoms with Crippen molar-refractivity contribution in [2.24, 2.45) is 15.1 Å². The van der Waals surface area contributed by atoms with E-state index in [1.165, 1.54) is 0 Å². The summed E-state index contributed by atoms with van der Waals surface area (Å²) in [5, 5.41) is 14.5. The normalized spacial score (nSPS) is 14.3. The van der Waals surface area contributed by atoms with Crippen LogP contribution in [0.1, 0.15) is 11.1 Å². The van der Waals surface area contributed by atoms with Gasteiger partial charge in [-0.25, -0.2) is 4.99 Å². The molecule has 0 bridgehead atoms. The molecule has 3 rings (SSSR count). The Bertz CT molecular complexity index is 858. The Morgan fingerprint density at radius 2 is 1.88 bits per heavy atom. The molecule has 5 nitrogen and oxygen atoms in total. The van der Waals surface area contributed by atoms with Crippen LogP contribution in [0.25, 0.3) is 0 Å². The molecule has 2 aromatic rings. The lowest BCUT2D eigenvalue weighted by atomic mass is 10.0. The van der Waals surface area contributed by atoms with E-state index in [4.69, 9.17) is 16.6 Å². The molecule has 0 aliphatic carbocycles. The van der Waals surface area contributed by atoms with E-state index in [9.17, 15) is 5.11 Å². The average molecular weight is 420 g/mol. The number of para-hydroxylation sites is 1. The highest BCUT2D eigenvalue weighted by Gasteiger charge is 2.17. The van der Waals surface area contributed by atoms with Crippen molar-refractivity contribution in [2.45, 2.75) is 0 Å². The summed E-state index contributed by atoms with van der Waals surface area (Å²) < 4.78 is 0. The number of halogens is 2. The number of hydrogen-bond acceptors (Lipinski definition) is 5. The largest absolute Gasteiger partial charge is 0.390 e.